The van der Waals surface area contributed by atoms with Crippen molar-refractivity contribution in [3.63, 3.8) is 0 Å². The molecule has 0 spiro atoms. The van der Waals surface area contributed by atoms with Gasteiger partial charge in [-0.25, -0.2) is 8.42 Å². The smallest absolute Gasteiger partial charge is 0.170 e. The quantitative estimate of drug-likeness (QED) is 0.845. The van der Waals surface area contributed by atoms with E-state index in [1.54, 1.807) is 0 Å². The van der Waals surface area contributed by atoms with Gasteiger partial charge < -0.3 is 10.6 Å². The lowest BCUT2D eigenvalue weighted by atomic mass is 10.1. The molecular weight excluding hydrogens is 316 g/mol. The lowest BCUT2D eigenvalue weighted by Crippen LogP contribution is -2.33. The second-order valence-electron chi connectivity index (χ2n) is 5.67. The first-order valence-electron chi connectivity index (χ1n) is 7.26. The summed E-state index contributed by atoms with van der Waals surface area (Å²) in [5, 5.41) is 9.13. The number of hydrogen-bond donors (Lipinski definition) is 2. The summed E-state index contributed by atoms with van der Waals surface area (Å²) in [4.78, 5) is 0. The molecule has 1 atom stereocenters. The molecule has 0 amide bonds. The topological polar surface area (TPSA) is 58.2 Å². The number of nitrogens with one attached hydrogen (secondary N) is 2. The first-order chi connectivity index (χ1) is 10.5. The number of hydrogen-bond acceptors (Lipinski definition) is 3. The predicted molar refractivity (Wildman–Crippen MR) is 94.9 cm³/mol. The SMILES string of the molecule is O=S1(=O)CCC(CNC(=S)Nc2ccc3ccccc3c2)C1. The van der Waals surface area contributed by atoms with E-state index < -0.39 is 9.84 Å². The molecule has 3 rings (SSSR count). The molecule has 2 aromatic carbocycles. The van der Waals surface area contributed by atoms with Crippen LogP contribution in [0.15, 0.2) is 42.5 Å². The maximum Gasteiger partial charge on any atom is 0.170 e. The van der Waals surface area contributed by atoms with E-state index in [1.807, 2.05) is 30.3 Å². The molecule has 1 aliphatic heterocycles. The van der Waals surface area contributed by atoms with Gasteiger partial charge in [0.15, 0.2) is 14.9 Å². The molecule has 22 heavy (non-hydrogen) atoms. The van der Waals surface area contributed by atoms with E-state index in [4.69, 9.17) is 12.2 Å². The Balaban J connectivity index is 1.56. The molecule has 1 fully saturated rings. The van der Waals surface area contributed by atoms with Crippen LogP contribution in [-0.2, 0) is 9.84 Å². The molecule has 0 bridgehead atoms. The second kappa shape index (κ2) is 6.22. The zero-order chi connectivity index (χ0) is 15.6. The molecular formula is C16H18N2O2S2. The van der Waals surface area contributed by atoms with Gasteiger partial charge in [-0.1, -0.05) is 30.3 Å². The molecule has 2 N–H and O–H groups in total. The molecule has 116 valence electrons. The Morgan fingerprint density at radius 3 is 2.68 bits per heavy atom. The monoisotopic (exact) mass is 334 g/mol. The van der Waals surface area contributed by atoms with E-state index in [2.05, 4.69) is 22.8 Å². The van der Waals surface area contributed by atoms with Crippen LogP contribution in [0.5, 0.6) is 0 Å². The second-order valence-corrected chi connectivity index (χ2v) is 8.30. The summed E-state index contributed by atoms with van der Waals surface area (Å²) in [6, 6.07) is 14.2. The van der Waals surface area contributed by atoms with Crippen LogP contribution in [0.4, 0.5) is 5.69 Å². The third kappa shape index (κ3) is 3.75. The maximum absolute atomic E-state index is 11.4. The summed E-state index contributed by atoms with van der Waals surface area (Å²) < 4.78 is 22.8. The molecule has 6 heteroatoms. The third-order valence-corrected chi connectivity index (χ3v) is 5.97. The van der Waals surface area contributed by atoms with Crippen molar-refractivity contribution in [3.05, 3.63) is 42.5 Å². The van der Waals surface area contributed by atoms with Crippen LogP contribution in [0.2, 0.25) is 0 Å². The summed E-state index contributed by atoms with van der Waals surface area (Å²) in [6.07, 6.45) is 0.716. The van der Waals surface area contributed by atoms with Crippen molar-refractivity contribution in [3.8, 4) is 0 Å². The Bertz CT molecular complexity index is 803. The number of rotatable bonds is 3. The van der Waals surface area contributed by atoms with Crippen molar-refractivity contribution in [1.29, 1.82) is 0 Å². The lowest BCUT2D eigenvalue weighted by molar-refractivity contribution is 0.574. The van der Waals surface area contributed by atoms with Crippen molar-refractivity contribution in [2.45, 2.75) is 6.42 Å². The number of anilines is 1. The molecule has 1 unspecified atom stereocenters. The van der Waals surface area contributed by atoms with Crippen molar-refractivity contribution >= 4 is 43.6 Å². The van der Waals surface area contributed by atoms with E-state index in [-0.39, 0.29) is 11.7 Å². The molecule has 0 saturated carbocycles. The van der Waals surface area contributed by atoms with Crippen LogP contribution in [0.3, 0.4) is 0 Å². The van der Waals surface area contributed by atoms with Crippen LogP contribution < -0.4 is 10.6 Å². The fraction of sp³-hybridized carbons (Fsp3) is 0.312. The van der Waals surface area contributed by atoms with Crippen LogP contribution in [0.25, 0.3) is 10.8 Å². The highest BCUT2D eigenvalue weighted by atomic mass is 32.2. The van der Waals surface area contributed by atoms with Crippen LogP contribution in [0.1, 0.15) is 6.42 Å². The molecule has 0 aliphatic carbocycles. The van der Waals surface area contributed by atoms with Gasteiger partial charge in [-0.2, -0.15) is 0 Å². The fourth-order valence-electron chi connectivity index (χ4n) is 2.71. The van der Waals surface area contributed by atoms with E-state index >= 15 is 0 Å². The fourth-order valence-corrected chi connectivity index (χ4v) is 4.78. The van der Waals surface area contributed by atoms with Gasteiger partial charge in [-0.05, 0) is 47.5 Å². The molecule has 1 heterocycles. The van der Waals surface area contributed by atoms with Gasteiger partial charge in [-0.15, -0.1) is 0 Å². The Labute approximate surface area is 135 Å². The minimum Gasteiger partial charge on any atom is -0.362 e. The summed E-state index contributed by atoms with van der Waals surface area (Å²) in [5.74, 6) is 0.712. The van der Waals surface area contributed by atoms with Crippen molar-refractivity contribution < 1.29 is 8.42 Å². The average Bonchev–Trinajstić information content (AvgIpc) is 2.84. The minimum atomic E-state index is -2.83. The molecule has 0 radical (unpaired) electrons. The number of fused-ring (bicyclic) bond motifs is 1. The normalized spacial score (nSPS) is 19.9. The maximum atomic E-state index is 11.4. The minimum absolute atomic E-state index is 0.154. The number of benzene rings is 2. The Kier molecular flexibility index (Phi) is 4.31. The molecule has 2 aromatic rings. The van der Waals surface area contributed by atoms with Crippen LogP contribution in [-0.4, -0.2) is 31.6 Å². The average molecular weight is 334 g/mol. The molecule has 0 aromatic heterocycles. The molecule has 1 aliphatic rings. The molecule has 4 nitrogen and oxygen atoms in total. The third-order valence-electron chi connectivity index (χ3n) is 3.89. The first-order valence-corrected chi connectivity index (χ1v) is 9.49. The van der Waals surface area contributed by atoms with Crippen molar-refractivity contribution in [2.75, 3.05) is 23.4 Å². The van der Waals surface area contributed by atoms with Gasteiger partial charge in [0.2, 0.25) is 0 Å². The number of thiocarbonyl (C=S) groups is 1. The zero-order valence-electron chi connectivity index (χ0n) is 12.1. The highest BCUT2D eigenvalue weighted by molar-refractivity contribution is 7.91. The van der Waals surface area contributed by atoms with E-state index in [9.17, 15) is 8.42 Å². The van der Waals surface area contributed by atoms with Gasteiger partial charge in [0.25, 0.3) is 0 Å². The predicted octanol–water partition coefficient (Wildman–Crippen LogP) is 2.56. The van der Waals surface area contributed by atoms with Crippen LogP contribution in [0, 0.1) is 5.92 Å². The largest absolute Gasteiger partial charge is 0.362 e. The van der Waals surface area contributed by atoms with Gasteiger partial charge in [0, 0.05) is 12.2 Å². The summed E-state index contributed by atoms with van der Waals surface area (Å²) in [6.45, 7) is 0.596. The van der Waals surface area contributed by atoms with Gasteiger partial charge in [0.05, 0.1) is 11.5 Å². The highest BCUT2D eigenvalue weighted by Crippen LogP contribution is 2.19. The van der Waals surface area contributed by atoms with Crippen molar-refractivity contribution in [1.82, 2.24) is 5.32 Å². The summed E-state index contributed by atoms with van der Waals surface area (Å²) in [7, 11) is -2.83. The van der Waals surface area contributed by atoms with E-state index in [1.165, 1.54) is 5.39 Å². The van der Waals surface area contributed by atoms with Crippen LogP contribution >= 0.6 is 12.2 Å². The highest BCUT2D eigenvalue weighted by Gasteiger charge is 2.27. The van der Waals surface area contributed by atoms with Gasteiger partial charge in [-0.3, -0.25) is 0 Å². The van der Waals surface area contributed by atoms with E-state index in [0.717, 1.165) is 11.1 Å². The lowest BCUT2D eigenvalue weighted by Gasteiger charge is -2.13. The number of sulfone groups is 1. The Morgan fingerprint density at radius 1 is 1.18 bits per heavy atom. The molecule has 1 saturated heterocycles. The Morgan fingerprint density at radius 2 is 1.95 bits per heavy atom. The van der Waals surface area contributed by atoms with Gasteiger partial charge >= 0.3 is 0 Å². The summed E-state index contributed by atoms with van der Waals surface area (Å²) in [5.41, 5.74) is 0.926. The standard InChI is InChI=1S/C16H18N2O2S2/c19-22(20)8-7-12(11-22)10-17-16(21)18-15-6-5-13-3-1-2-4-14(13)9-15/h1-6,9,12H,7-8,10-11H2,(H2,17,18,21). The van der Waals surface area contributed by atoms with Crippen molar-refractivity contribution in [2.24, 2.45) is 5.92 Å². The summed E-state index contributed by atoms with van der Waals surface area (Å²) >= 11 is 5.28. The van der Waals surface area contributed by atoms with Gasteiger partial charge in [0.1, 0.15) is 0 Å². The zero-order valence-corrected chi connectivity index (χ0v) is 13.7. The Hall–Kier alpha value is -1.66. The first kappa shape index (κ1) is 15.2. The van der Waals surface area contributed by atoms with E-state index in [0.29, 0.717) is 23.8 Å².